The minimum absolute atomic E-state index is 1.04. The second kappa shape index (κ2) is 15.1. The van der Waals surface area contributed by atoms with Crippen LogP contribution in [-0.2, 0) is 8.85 Å². The van der Waals surface area contributed by atoms with Crippen LogP contribution in [0.15, 0.2) is 0 Å². The molecule has 0 aromatic carbocycles. The Bertz CT molecular complexity index is 278. The summed E-state index contributed by atoms with van der Waals surface area (Å²) in [7, 11) is 1.61. The second-order valence-electron chi connectivity index (χ2n) is 6.89. The third kappa shape index (κ3) is 11.4. The Morgan fingerprint density at radius 3 is 1.28 bits per heavy atom. The number of hydrogen-bond acceptors (Lipinski definition) is 5. The van der Waals surface area contributed by atoms with E-state index in [9.17, 15) is 0 Å². The Morgan fingerprint density at radius 1 is 0.600 bits per heavy atom. The monoisotopic (exact) mass is 375 g/mol. The van der Waals surface area contributed by atoms with Crippen molar-refractivity contribution < 1.29 is 8.85 Å². The highest BCUT2D eigenvalue weighted by atomic mass is 28.4. The molecule has 0 saturated heterocycles. The molecule has 0 atom stereocenters. The Morgan fingerprint density at radius 2 is 0.960 bits per heavy atom. The Kier molecular flexibility index (Phi) is 15.1. The van der Waals surface area contributed by atoms with Gasteiger partial charge in [0, 0.05) is 26.8 Å². The van der Waals surface area contributed by atoms with Crippen LogP contribution >= 0.6 is 0 Å². The van der Waals surface area contributed by atoms with E-state index in [1.807, 2.05) is 0 Å². The molecule has 0 N–H and O–H groups in total. The van der Waals surface area contributed by atoms with Gasteiger partial charge in [-0.25, -0.2) is 0 Å². The normalized spacial score (nSPS) is 12.7. The van der Waals surface area contributed by atoms with Gasteiger partial charge in [0.05, 0.1) is 0 Å². The highest BCUT2D eigenvalue weighted by Crippen LogP contribution is 2.12. The summed E-state index contributed by atoms with van der Waals surface area (Å²) >= 11 is 0. The maximum Gasteiger partial charge on any atom is 0.335 e. The van der Waals surface area contributed by atoms with E-state index < -0.39 is 8.56 Å². The maximum absolute atomic E-state index is 5.67. The summed E-state index contributed by atoms with van der Waals surface area (Å²) in [6.45, 7) is 21.6. The molecule has 0 rings (SSSR count). The van der Waals surface area contributed by atoms with Gasteiger partial charge in [-0.3, -0.25) is 0 Å². The van der Waals surface area contributed by atoms with Crippen LogP contribution in [0.1, 0.15) is 40.5 Å². The molecule has 152 valence electrons. The highest BCUT2D eigenvalue weighted by molar-refractivity contribution is 6.66. The van der Waals surface area contributed by atoms with Gasteiger partial charge in [-0.2, -0.15) is 0 Å². The lowest BCUT2D eigenvalue weighted by Crippen LogP contribution is -2.41. The van der Waals surface area contributed by atoms with Gasteiger partial charge in [0.15, 0.2) is 0 Å². The van der Waals surface area contributed by atoms with Crippen molar-refractivity contribution in [1.82, 2.24) is 14.7 Å². The highest BCUT2D eigenvalue weighted by Gasteiger charge is 2.29. The lowest BCUT2D eigenvalue weighted by Gasteiger charge is -2.29. The van der Waals surface area contributed by atoms with Gasteiger partial charge in [-0.05, 0) is 71.7 Å². The predicted octanol–water partition coefficient (Wildman–Crippen LogP) is 3.12. The fraction of sp³-hybridized carbons (Fsp3) is 1.00. The third-order valence-corrected chi connectivity index (χ3v) is 8.29. The molecule has 0 radical (unpaired) electrons. The lowest BCUT2D eigenvalue weighted by atomic mass is 10.3. The van der Waals surface area contributed by atoms with Crippen LogP contribution in [0.25, 0.3) is 0 Å². The lowest BCUT2D eigenvalue weighted by molar-refractivity contribution is 0.208. The second-order valence-corrected chi connectivity index (χ2v) is 10.5. The molecule has 25 heavy (non-hydrogen) atoms. The molecule has 0 aliphatic heterocycles. The summed E-state index contributed by atoms with van der Waals surface area (Å²) in [5.74, 6) is 0. The van der Waals surface area contributed by atoms with Crippen LogP contribution in [0.3, 0.4) is 0 Å². The molecule has 0 bridgehead atoms. The molecule has 0 heterocycles. The quantitative estimate of drug-likeness (QED) is 0.364. The smallest absolute Gasteiger partial charge is 0.335 e. The first kappa shape index (κ1) is 25.0. The molecule has 0 fully saturated rings. The average Bonchev–Trinajstić information content (AvgIpc) is 2.65. The molecular formula is C19H45N3O2Si. The minimum Gasteiger partial charge on any atom is -0.398 e. The average molecular weight is 376 g/mol. The van der Waals surface area contributed by atoms with Gasteiger partial charge in [0.25, 0.3) is 0 Å². The minimum atomic E-state index is -1.97. The van der Waals surface area contributed by atoms with Crippen molar-refractivity contribution in [3.05, 3.63) is 0 Å². The van der Waals surface area contributed by atoms with Gasteiger partial charge >= 0.3 is 8.56 Å². The summed E-state index contributed by atoms with van der Waals surface area (Å²) in [4.78, 5) is 7.64. The number of rotatable bonds is 17. The standard InChI is InChI=1S/C19H45N3O2Si/c1-8-20(9-2)14-12-16-22(17-13-15-21(10-3)11-4)18-19-25(7,23-5)24-6/h8-19H2,1-7H3. The topological polar surface area (TPSA) is 28.2 Å². The zero-order valence-electron chi connectivity index (χ0n) is 18.1. The van der Waals surface area contributed by atoms with Crippen molar-refractivity contribution in [3.63, 3.8) is 0 Å². The molecule has 0 aromatic rings. The van der Waals surface area contributed by atoms with E-state index in [1.165, 1.54) is 39.0 Å². The Labute approximate surface area is 158 Å². The largest absolute Gasteiger partial charge is 0.398 e. The first-order chi connectivity index (χ1) is 12.0. The van der Waals surface area contributed by atoms with Gasteiger partial charge in [0.1, 0.15) is 0 Å². The fourth-order valence-corrected chi connectivity index (χ4v) is 4.40. The molecule has 0 spiro atoms. The molecule has 0 amide bonds. The van der Waals surface area contributed by atoms with E-state index >= 15 is 0 Å². The fourth-order valence-electron chi connectivity index (χ4n) is 3.10. The zero-order chi connectivity index (χ0) is 19.1. The summed E-state index contributed by atoms with van der Waals surface area (Å²) in [5, 5.41) is 0. The summed E-state index contributed by atoms with van der Waals surface area (Å²) in [6.07, 6.45) is 2.48. The first-order valence-electron chi connectivity index (χ1n) is 10.3. The molecule has 0 aliphatic carbocycles. The van der Waals surface area contributed by atoms with E-state index in [0.29, 0.717) is 0 Å². The van der Waals surface area contributed by atoms with Crippen molar-refractivity contribution in [1.29, 1.82) is 0 Å². The predicted molar refractivity (Wildman–Crippen MR) is 112 cm³/mol. The maximum atomic E-state index is 5.67. The summed E-state index contributed by atoms with van der Waals surface area (Å²) in [6, 6.07) is 1.04. The Balaban J connectivity index is 4.43. The van der Waals surface area contributed by atoms with Crippen molar-refractivity contribution in [2.75, 3.05) is 73.1 Å². The van der Waals surface area contributed by atoms with Crippen molar-refractivity contribution in [3.8, 4) is 0 Å². The zero-order valence-corrected chi connectivity index (χ0v) is 19.1. The van der Waals surface area contributed by atoms with Gasteiger partial charge < -0.3 is 23.6 Å². The van der Waals surface area contributed by atoms with Crippen LogP contribution in [0, 0.1) is 0 Å². The van der Waals surface area contributed by atoms with E-state index in [-0.39, 0.29) is 0 Å². The van der Waals surface area contributed by atoms with E-state index in [4.69, 9.17) is 8.85 Å². The van der Waals surface area contributed by atoms with Crippen molar-refractivity contribution >= 4 is 8.56 Å². The van der Waals surface area contributed by atoms with Crippen molar-refractivity contribution in [2.45, 2.75) is 53.1 Å². The molecule has 0 aromatic heterocycles. The number of nitrogens with zero attached hydrogens (tertiary/aromatic N) is 3. The van der Waals surface area contributed by atoms with Crippen LogP contribution in [-0.4, -0.2) is 96.4 Å². The van der Waals surface area contributed by atoms with Gasteiger partial charge in [-0.15, -0.1) is 0 Å². The van der Waals surface area contributed by atoms with Crippen LogP contribution in [0.5, 0.6) is 0 Å². The molecule has 0 saturated carbocycles. The number of hydrogen-bond donors (Lipinski definition) is 0. The van der Waals surface area contributed by atoms with Crippen LogP contribution in [0.4, 0.5) is 0 Å². The molecule has 0 unspecified atom stereocenters. The molecule has 0 aliphatic rings. The van der Waals surface area contributed by atoms with E-state index in [0.717, 1.165) is 38.8 Å². The van der Waals surface area contributed by atoms with Gasteiger partial charge in [-0.1, -0.05) is 27.7 Å². The van der Waals surface area contributed by atoms with E-state index in [1.54, 1.807) is 14.2 Å². The van der Waals surface area contributed by atoms with Crippen LogP contribution in [0.2, 0.25) is 12.6 Å². The van der Waals surface area contributed by atoms with Crippen LogP contribution < -0.4 is 0 Å². The van der Waals surface area contributed by atoms with E-state index in [2.05, 4.69) is 48.9 Å². The SMILES string of the molecule is CCN(CC)CCCN(CCCN(CC)CC)CC[Si](C)(OC)OC. The molecule has 5 nitrogen and oxygen atoms in total. The first-order valence-corrected chi connectivity index (χ1v) is 12.8. The summed E-state index contributed by atoms with van der Waals surface area (Å²) < 4.78 is 11.3. The molecule has 6 heteroatoms. The Hall–Kier alpha value is 0.0169. The summed E-state index contributed by atoms with van der Waals surface area (Å²) in [5.41, 5.74) is 0. The third-order valence-electron chi connectivity index (χ3n) is 5.43. The molecular weight excluding hydrogens is 330 g/mol. The van der Waals surface area contributed by atoms with Gasteiger partial charge in [0.2, 0.25) is 0 Å². The van der Waals surface area contributed by atoms with Crippen molar-refractivity contribution in [2.24, 2.45) is 0 Å².